The van der Waals surface area contributed by atoms with Gasteiger partial charge in [-0.1, -0.05) is 50.2 Å². The van der Waals surface area contributed by atoms with E-state index in [9.17, 15) is 9.59 Å². The smallest absolute Gasteiger partial charge is 0.235 e. The van der Waals surface area contributed by atoms with Crippen LogP contribution in [0.4, 0.5) is 10.8 Å². The van der Waals surface area contributed by atoms with Crippen molar-refractivity contribution in [3.8, 4) is 11.3 Å². The predicted octanol–water partition coefficient (Wildman–Crippen LogP) is 5.51. The monoisotopic (exact) mass is 447 g/mol. The Labute approximate surface area is 193 Å². The van der Waals surface area contributed by atoms with Crippen LogP contribution in [-0.4, -0.2) is 30.4 Å². The molecule has 2 amide bonds. The fourth-order valence-electron chi connectivity index (χ4n) is 4.12. The Bertz CT molecular complexity index is 1120. The second-order valence-corrected chi connectivity index (χ2v) is 9.47. The lowest BCUT2D eigenvalue weighted by Gasteiger charge is -2.31. The molecule has 5 nitrogen and oxygen atoms in total. The first-order chi connectivity index (χ1) is 15.4. The Morgan fingerprint density at radius 1 is 1.09 bits per heavy atom. The molecule has 4 rings (SSSR count). The number of rotatable bonds is 5. The summed E-state index contributed by atoms with van der Waals surface area (Å²) in [6.45, 7) is 6.59. The average molecular weight is 448 g/mol. The van der Waals surface area contributed by atoms with Crippen molar-refractivity contribution < 1.29 is 9.59 Å². The number of anilines is 2. The third-order valence-electron chi connectivity index (χ3n) is 6.03. The van der Waals surface area contributed by atoms with Crippen molar-refractivity contribution in [2.45, 2.75) is 39.5 Å². The summed E-state index contributed by atoms with van der Waals surface area (Å²) >= 11 is 1.47. The van der Waals surface area contributed by atoms with E-state index in [0.29, 0.717) is 5.13 Å². The molecule has 1 atom stereocenters. The van der Waals surface area contributed by atoms with Gasteiger partial charge in [-0.3, -0.25) is 14.5 Å². The SMILES string of the molecule is CC(C)C(=O)N1CCCc2cc(-c3csc(N(C)C(=O)[C@H](C)c4ccccc4)n3)ccc21. The van der Waals surface area contributed by atoms with Gasteiger partial charge < -0.3 is 4.90 Å². The van der Waals surface area contributed by atoms with Gasteiger partial charge in [0.15, 0.2) is 5.13 Å². The zero-order chi connectivity index (χ0) is 22.8. The highest BCUT2D eigenvalue weighted by atomic mass is 32.1. The van der Waals surface area contributed by atoms with Crippen molar-refractivity contribution >= 4 is 34.0 Å². The topological polar surface area (TPSA) is 53.5 Å². The molecule has 0 saturated heterocycles. The normalized spacial score (nSPS) is 14.2. The summed E-state index contributed by atoms with van der Waals surface area (Å²) in [6, 6.07) is 16.0. The molecule has 0 aliphatic carbocycles. The summed E-state index contributed by atoms with van der Waals surface area (Å²) in [5.74, 6) is -0.0671. The summed E-state index contributed by atoms with van der Waals surface area (Å²) in [7, 11) is 1.78. The molecule has 1 aromatic heterocycles. The number of aromatic nitrogens is 1. The minimum Gasteiger partial charge on any atom is -0.312 e. The molecule has 1 aliphatic rings. The van der Waals surface area contributed by atoms with Gasteiger partial charge in [0.05, 0.1) is 11.6 Å². The highest BCUT2D eigenvalue weighted by molar-refractivity contribution is 7.14. The van der Waals surface area contributed by atoms with Crippen molar-refractivity contribution in [2.75, 3.05) is 23.4 Å². The summed E-state index contributed by atoms with van der Waals surface area (Å²) in [6.07, 6.45) is 1.92. The van der Waals surface area contributed by atoms with Crippen LogP contribution in [-0.2, 0) is 16.0 Å². The molecule has 0 bridgehead atoms. The van der Waals surface area contributed by atoms with E-state index in [4.69, 9.17) is 4.98 Å². The maximum absolute atomic E-state index is 13.0. The zero-order valence-electron chi connectivity index (χ0n) is 19.0. The van der Waals surface area contributed by atoms with Crippen LogP contribution < -0.4 is 9.80 Å². The van der Waals surface area contributed by atoms with Gasteiger partial charge in [-0.25, -0.2) is 4.98 Å². The fraction of sp³-hybridized carbons (Fsp3) is 0.346. The minimum atomic E-state index is -0.234. The van der Waals surface area contributed by atoms with Crippen LogP contribution in [0.15, 0.2) is 53.9 Å². The standard InChI is InChI=1S/C26H29N3O2S/c1-17(2)24(30)29-14-8-11-21-15-20(12-13-23(21)29)22-16-32-26(27-22)28(4)25(31)18(3)19-9-6-5-7-10-19/h5-7,9-10,12-13,15-18H,8,11,14H2,1-4H3/t18-/m1/s1. The van der Waals surface area contributed by atoms with Gasteiger partial charge in [-0.05, 0) is 43.0 Å². The molecule has 6 heteroatoms. The number of benzene rings is 2. The van der Waals surface area contributed by atoms with Crippen molar-refractivity contribution in [2.24, 2.45) is 5.92 Å². The van der Waals surface area contributed by atoms with E-state index in [1.165, 1.54) is 16.9 Å². The van der Waals surface area contributed by atoms with Gasteiger partial charge in [-0.15, -0.1) is 11.3 Å². The summed E-state index contributed by atoms with van der Waals surface area (Å²) < 4.78 is 0. The summed E-state index contributed by atoms with van der Waals surface area (Å²) in [5, 5.41) is 2.68. The number of amides is 2. The number of fused-ring (bicyclic) bond motifs is 1. The lowest BCUT2D eigenvalue weighted by molar-refractivity contribution is -0.121. The Hall–Kier alpha value is -2.99. The van der Waals surface area contributed by atoms with Gasteiger partial charge in [0, 0.05) is 36.1 Å². The molecular formula is C26H29N3O2S. The Morgan fingerprint density at radius 3 is 2.56 bits per heavy atom. The largest absolute Gasteiger partial charge is 0.312 e. The number of aryl methyl sites for hydroxylation is 1. The maximum Gasteiger partial charge on any atom is 0.235 e. The molecular weight excluding hydrogens is 418 g/mol. The van der Waals surface area contributed by atoms with E-state index in [2.05, 4.69) is 6.07 Å². The van der Waals surface area contributed by atoms with Crippen LogP contribution in [0, 0.1) is 5.92 Å². The van der Waals surface area contributed by atoms with E-state index >= 15 is 0 Å². The number of hydrogen-bond acceptors (Lipinski definition) is 4. The highest BCUT2D eigenvalue weighted by Crippen LogP contribution is 2.34. The average Bonchev–Trinajstić information content (AvgIpc) is 3.32. The van der Waals surface area contributed by atoms with Gasteiger partial charge in [0.1, 0.15) is 0 Å². The second-order valence-electron chi connectivity index (χ2n) is 8.64. The minimum absolute atomic E-state index is 0.0189. The lowest BCUT2D eigenvalue weighted by atomic mass is 9.97. The molecule has 0 spiro atoms. The van der Waals surface area contributed by atoms with E-state index < -0.39 is 0 Å². The molecule has 2 heterocycles. The molecule has 1 aliphatic heterocycles. The number of carbonyl (C=O) groups is 2. The number of likely N-dealkylation sites (N-methyl/N-ethyl adjacent to an activating group) is 1. The van der Waals surface area contributed by atoms with Crippen molar-refractivity contribution in [1.29, 1.82) is 0 Å². The van der Waals surface area contributed by atoms with Crippen molar-refractivity contribution in [3.63, 3.8) is 0 Å². The second kappa shape index (κ2) is 9.25. The summed E-state index contributed by atoms with van der Waals surface area (Å²) in [4.78, 5) is 33.9. The van der Waals surface area contributed by atoms with Crippen LogP contribution >= 0.6 is 11.3 Å². The first-order valence-corrected chi connectivity index (χ1v) is 12.0. The van der Waals surface area contributed by atoms with Crippen molar-refractivity contribution in [1.82, 2.24) is 4.98 Å². The molecule has 166 valence electrons. The van der Waals surface area contributed by atoms with Gasteiger partial charge in [0.25, 0.3) is 0 Å². The van der Waals surface area contributed by atoms with Gasteiger partial charge >= 0.3 is 0 Å². The summed E-state index contributed by atoms with van der Waals surface area (Å²) in [5.41, 5.74) is 5.06. The molecule has 0 N–H and O–H groups in total. The highest BCUT2D eigenvalue weighted by Gasteiger charge is 2.25. The van der Waals surface area contributed by atoms with Crippen molar-refractivity contribution in [3.05, 3.63) is 65.0 Å². The predicted molar refractivity (Wildman–Crippen MR) is 131 cm³/mol. The van der Waals surface area contributed by atoms with E-state index in [-0.39, 0.29) is 23.7 Å². The van der Waals surface area contributed by atoms with E-state index in [0.717, 1.165) is 41.9 Å². The molecule has 0 saturated carbocycles. The van der Waals surface area contributed by atoms with Crippen LogP contribution in [0.25, 0.3) is 11.3 Å². The lowest BCUT2D eigenvalue weighted by Crippen LogP contribution is -2.38. The third kappa shape index (κ3) is 4.32. The van der Waals surface area contributed by atoms with Crippen LogP contribution in [0.1, 0.15) is 44.2 Å². The van der Waals surface area contributed by atoms with Crippen LogP contribution in [0.5, 0.6) is 0 Å². The molecule has 0 radical (unpaired) electrons. The number of carbonyl (C=O) groups excluding carboxylic acids is 2. The quantitative estimate of drug-likeness (QED) is 0.518. The molecule has 32 heavy (non-hydrogen) atoms. The number of hydrogen-bond donors (Lipinski definition) is 0. The van der Waals surface area contributed by atoms with Crippen LogP contribution in [0.2, 0.25) is 0 Å². The first-order valence-electron chi connectivity index (χ1n) is 11.1. The van der Waals surface area contributed by atoms with Crippen LogP contribution in [0.3, 0.4) is 0 Å². The van der Waals surface area contributed by atoms with E-state index in [1.807, 2.05) is 73.5 Å². The fourth-order valence-corrected chi connectivity index (χ4v) is 4.92. The number of thiazole rings is 1. The zero-order valence-corrected chi connectivity index (χ0v) is 19.9. The van der Waals surface area contributed by atoms with Gasteiger partial charge in [-0.2, -0.15) is 0 Å². The molecule has 0 fully saturated rings. The Balaban J connectivity index is 1.55. The first kappa shape index (κ1) is 22.2. The Morgan fingerprint density at radius 2 is 1.84 bits per heavy atom. The third-order valence-corrected chi connectivity index (χ3v) is 6.95. The molecule has 3 aromatic rings. The van der Waals surface area contributed by atoms with Gasteiger partial charge in [0.2, 0.25) is 11.8 Å². The number of nitrogens with zero attached hydrogens (tertiary/aromatic N) is 3. The maximum atomic E-state index is 13.0. The molecule has 2 aromatic carbocycles. The van der Waals surface area contributed by atoms with E-state index in [1.54, 1.807) is 11.9 Å². The Kier molecular flexibility index (Phi) is 6.42. The molecule has 0 unspecified atom stereocenters.